The number of rotatable bonds is 4. The number of nitrogens with one attached hydrogen (secondary N) is 3. The highest BCUT2D eigenvalue weighted by atomic mass is 19.1. The summed E-state index contributed by atoms with van der Waals surface area (Å²) >= 11 is 0. The normalized spacial score (nSPS) is 16.3. The molecule has 4 rings (SSSR count). The van der Waals surface area contributed by atoms with Gasteiger partial charge in [0.05, 0.1) is 29.2 Å². The molecule has 2 heterocycles. The lowest BCUT2D eigenvalue weighted by Crippen LogP contribution is -2.58. The second-order valence-electron chi connectivity index (χ2n) is 7.97. The first-order valence-corrected chi connectivity index (χ1v) is 10.3. The number of nitrogens with zero attached hydrogens (tertiary/aromatic N) is 3. The summed E-state index contributed by atoms with van der Waals surface area (Å²) in [4.78, 5) is 27.7. The minimum Gasteiger partial charge on any atom is -0.329 e. The number of H-pyrrole nitrogens is 1. The predicted molar refractivity (Wildman–Crippen MR) is 120 cm³/mol. The Balaban J connectivity index is 1.60. The van der Waals surface area contributed by atoms with Crippen LogP contribution in [0.25, 0.3) is 10.8 Å². The number of aromatic nitrogens is 2. The Morgan fingerprint density at radius 1 is 1.24 bits per heavy atom. The van der Waals surface area contributed by atoms with E-state index in [0.29, 0.717) is 22.0 Å². The zero-order valence-electron chi connectivity index (χ0n) is 17.9. The van der Waals surface area contributed by atoms with Gasteiger partial charge in [-0.15, -0.1) is 0 Å². The molecule has 0 aliphatic carbocycles. The fourth-order valence-corrected chi connectivity index (χ4v) is 4.15. The maximum absolute atomic E-state index is 14.6. The number of piperazine rings is 1. The lowest BCUT2D eigenvalue weighted by molar-refractivity contribution is 0.0724. The molecule has 1 amide bonds. The maximum atomic E-state index is 14.6. The first kappa shape index (κ1) is 22.3. The van der Waals surface area contributed by atoms with Gasteiger partial charge in [0.2, 0.25) is 0 Å². The summed E-state index contributed by atoms with van der Waals surface area (Å²) in [6.07, 6.45) is 0.269. The molecule has 33 heavy (non-hydrogen) atoms. The molecule has 1 aromatic heterocycles. The number of hydrogen-bond acceptors (Lipinski definition) is 5. The number of halogens is 2. The maximum Gasteiger partial charge on any atom is 0.272 e. The summed E-state index contributed by atoms with van der Waals surface area (Å²) in [6, 6.07) is 10.7. The third kappa shape index (κ3) is 4.23. The summed E-state index contributed by atoms with van der Waals surface area (Å²) in [5, 5.41) is 23.6. The van der Waals surface area contributed by atoms with Gasteiger partial charge in [-0.3, -0.25) is 20.4 Å². The number of carbonyl (C=O) groups is 1. The van der Waals surface area contributed by atoms with Gasteiger partial charge in [-0.2, -0.15) is 5.10 Å². The highest BCUT2D eigenvalue weighted by molar-refractivity contribution is 6.03. The Morgan fingerprint density at radius 2 is 1.97 bits per heavy atom. The van der Waals surface area contributed by atoms with Crippen LogP contribution < -0.4 is 5.56 Å². The van der Waals surface area contributed by atoms with E-state index in [1.165, 1.54) is 21.9 Å². The van der Waals surface area contributed by atoms with Crippen LogP contribution in [0.5, 0.6) is 0 Å². The fourth-order valence-electron chi connectivity index (χ4n) is 4.15. The summed E-state index contributed by atoms with van der Waals surface area (Å²) < 4.78 is 27.5. The first-order valence-electron chi connectivity index (χ1n) is 10.3. The Labute approximate surface area is 187 Å². The van der Waals surface area contributed by atoms with Crippen LogP contribution in [0.1, 0.15) is 28.5 Å². The van der Waals surface area contributed by atoms with Crippen LogP contribution >= 0.6 is 0 Å². The molecule has 1 unspecified atom stereocenters. The van der Waals surface area contributed by atoms with E-state index in [0.717, 1.165) is 0 Å². The van der Waals surface area contributed by atoms with Crippen molar-refractivity contribution in [2.24, 2.45) is 0 Å². The molecular formula is C23H22F2N6O2. The Hall–Kier alpha value is -3.95. The minimum absolute atomic E-state index is 0.0924. The number of amides is 1. The van der Waals surface area contributed by atoms with Gasteiger partial charge in [0.1, 0.15) is 24.2 Å². The van der Waals surface area contributed by atoms with Gasteiger partial charge < -0.3 is 9.80 Å². The fraction of sp³-hybridized carbons (Fsp3) is 0.261. The standard InChI is InChI=1S/C23H22F2N6O2/c1-13-11-30(12-21(27)31(13)20(26)10-24)23(33)17-8-14(6-7-18(17)25)9-19-15-4-2-3-5-16(15)22(32)29-28-19/h2-8,13,26-27H,9-12H2,1H3,(H,29,32). The molecule has 0 spiro atoms. The van der Waals surface area contributed by atoms with Gasteiger partial charge in [0.25, 0.3) is 11.5 Å². The number of carbonyl (C=O) groups excluding carboxylic acids is 1. The van der Waals surface area contributed by atoms with Crippen molar-refractivity contribution < 1.29 is 13.6 Å². The Bertz CT molecular complexity index is 1320. The molecule has 1 atom stereocenters. The SMILES string of the molecule is CC1CN(C(=O)c2cc(Cc3n[nH]c(=O)c4ccccc34)ccc2F)CC(=N)N1C(=N)CF. The number of benzene rings is 2. The van der Waals surface area contributed by atoms with Crippen LogP contribution in [0.4, 0.5) is 8.78 Å². The molecule has 3 N–H and O–H groups in total. The highest BCUT2D eigenvalue weighted by Gasteiger charge is 2.33. The second-order valence-corrected chi connectivity index (χ2v) is 7.97. The van der Waals surface area contributed by atoms with Crippen molar-refractivity contribution in [3.63, 3.8) is 0 Å². The molecule has 1 aliphatic rings. The van der Waals surface area contributed by atoms with Crippen LogP contribution in [-0.2, 0) is 6.42 Å². The van der Waals surface area contributed by atoms with Crippen LogP contribution in [0.2, 0.25) is 0 Å². The van der Waals surface area contributed by atoms with Crippen molar-refractivity contribution >= 4 is 28.4 Å². The van der Waals surface area contributed by atoms with E-state index >= 15 is 0 Å². The molecule has 3 aromatic rings. The monoisotopic (exact) mass is 452 g/mol. The van der Waals surface area contributed by atoms with E-state index in [9.17, 15) is 18.4 Å². The van der Waals surface area contributed by atoms with Gasteiger partial charge in [-0.1, -0.05) is 24.3 Å². The topological polar surface area (TPSA) is 117 Å². The number of amidine groups is 2. The predicted octanol–water partition coefficient (Wildman–Crippen LogP) is 2.72. The van der Waals surface area contributed by atoms with Gasteiger partial charge >= 0.3 is 0 Å². The molecule has 1 saturated heterocycles. The number of aromatic amines is 1. The molecule has 0 bridgehead atoms. The molecule has 0 saturated carbocycles. The van der Waals surface area contributed by atoms with Crippen LogP contribution in [0, 0.1) is 16.6 Å². The summed E-state index contributed by atoms with van der Waals surface area (Å²) in [5.74, 6) is -1.71. The lowest BCUT2D eigenvalue weighted by Gasteiger charge is -2.40. The van der Waals surface area contributed by atoms with Gasteiger partial charge in [-0.05, 0) is 30.7 Å². The van der Waals surface area contributed by atoms with Crippen LogP contribution in [-0.4, -0.2) is 63.4 Å². The van der Waals surface area contributed by atoms with Crippen molar-refractivity contribution in [2.75, 3.05) is 19.8 Å². The molecule has 10 heteroatoms. The molecule has 1 fully saturated rings. The van der Waals surface area contributed by atoms with Crippen molar-refractivity contribution in [2.45, 2.75) is 19.4 Å². The molecule has 170 valence electrons. The van der Waals surface area contributed by atoms with Gasteiger partial charge in [0, 0.05) is 18.4 Å². The average molecular weight is 452 g/mol. The van der Waals surface area contributed by atoms with E-state index in [-0.39, 0.29) is 42.3 Å². The summed E-state index contributed by atoms with van der Waals surface area (Å²) in [7, 11) is 0. The van der Waals surface area contributed by atoms with E-state index in [4.69, 9.17) is 10.8 Å². The Morgan fingerprint density at radius 3 is 2.67 bits per heavy atom. The molecular weight excluding hydrogens is 430 g/mol. The van der Waals surface area contributed by atoms with E-state index < -0.39 is 24.4 Å². The van der Waals surface area contributed by atoms with Crippen molar-refractivity contribution in [1.82, 2.24) is 20.0 Å². The molecule has 1 aliphatic heterocycles. The van der Waals surface area contributed by atoms with Gasteiger partial charge in [0.15, 0.2) is 0 Å². The van der Waals surface area contributed by atoms with Crippen molar-refractivity contribution in [3.05, 3.63) is 75.5 Å². The summed E-state index contributed by atoms with van der Waals surface area (Å²) in [6.45, 7) is 0.642. The largest absolute Gasteiger partial charge is 0.329 e. The zero-order valence-corrected chi connectivity index (χ0v) is 17.9. The second kappa shape index (κ2) is 8.89. The van der Waals surface area contributed by atoms with E-state index in [1.807, 2.05) is 0 Å². The summed E-state index contributed by atoms with van der Waals surface area (Å²) in [5.41, 5.74) is 0.769. The van der Waals surface area contributed by atoms with E-state index in [2.05, 4.69) is 10.2 Å². The zero-order chi connectivity index (χ0) is 23.7. The highest BCUT2D eigenvalue weighted by Crippen LogP contribution is 2.21. The molecule has 0 radical (unpaired) electrons. The third-order valence-electron chi connectivity index (χ3n) is 5.67. The van der Waals surface area contributed by atoms with Crippen molar-refractivity contribution in [3.8, 4) is 0 Å². The molecule has 8 nitrogen and oxygen atoms in total. The number of alkyl halides is 1. The van der Waals surface area contributed by atoms with E-state index in [1.54, 1.807) is 37.3 Å². The quantitative estimate of drug-likeness (QED) is 0.417. The average Bonchev–Trinajstić information content (AvgIpc) is 2.81. The Kier molecular flexibility index (Phi) is 5.99. The lowest BCUT2D eigenvalue weighted by atomic mass is 10.0. The van der Waals surface area contributed by atoms with Gasteiger partial charge in [-0.25, -0.2) is 13.9 Å². The number of hydrogen-bond donors (Lipinski definition) is 3. The molecule has 2 aromatic carbocycles. The van der Waals surface area contributed by atoms with Crippen LogP contribution in [0.15, 0.2) is 47.3 Å². The smallest absolute Gasteiger partial charge is 0.272 e. The first-order chi connectivity index (χ1) is 15.8. The minimum atomic E-state index is -1.01. The van der Waals surface area contributed by atoms with Crippen LogP contribution in [0.3, 0.4) is 0 Å². The van der Waals surface area contributed by atoms with Crippen molar-refractivity contribution in [1.29, 1.82) is 10.8 Å². The third-order valence-corrected chi connectivity index (χ3v) is 5.67. The number of fused-ring (bicyclic) bond motifs is 1.